The van der Waals surface area contributed by atoms with Crippen molar-refractivity contribution in [2.24, 2.45) is 17.6 Å². The molecule has 1 saturated carbocycles. The maximum absolute atomic E-state index is 13.7. The molecule has 3 aromatic carbocycles. The van der Waals surface area contributed by atoms with E-state index in [0.29, 0.717) is 33.7 Å². The van der Waals surface area contributed by atoms with Gasteiger partial charge >= 0.3 is 0 Å². The molecule has 0 aromatic heterocycles. The first-order valence-electron chi connectivity index (χ1n) is 13.8. The van der Waals surface area contributed by atoms with Crippen molar-refractivity contribution in [2.75, 3.05) is 12.4 Å². The SMILES string of the molecule is COc1ccc(C(=O)Nc2ccc(-c3ccc(O)c4c3C[C@H]3C[C@H]5CC(=O)C(C(N)=O)=C(O)[C@@]5(O)C(=O)C3=C4O)cc2)cc1. The highest BCUT2D eigenvalue weighted by atomic mass is 16.5. The number of rotatable bonds is 5. The van der Waals surface area contributed by atoms with E-state index in [1.54, 1.807) is 54.6 Å². The number of benzene rings is 3. The minimum atomic E-state index is -2.62. The Kier molecular flexibility index (Phi) is 6.77. The first kappa shape index (κ1) is 28.7. The van der Waals surface area contributed by atoms with Crippen LogP contribution in [-0.4, -0.2) is 56.5 Å². The molecular formula is C33H28N2O9. The summed E-state index contributed by atoms with van der Waals surface area (Å²) in [5.41, 5.74) is 4.48. The van der Waals surface area contributed by atoms with E-state index >= 15 is 0 Å². The molecule has 3 aliphatic carbocycles. The van der Waals surface area contributed by atoms with Crippen molar-refractivity contribution in [1.29, 1.82) is 0 Å². The van der Waals surface area contributed by atoms with Gasteiger partial charge in [0.05, 0.1) is 12.7 Å². The number of phenols is 1. The third-order valence-electron chi connectivity index (χ3n) is 8.75. The minimum Gasteiger partial charge on any atom is -0.508 e. The summed E-state index contributed by atoms with van der Waals surface area (Å²) in [6.07, 6.45) is -0.180. The van der Waals surface area contributed by atoms with Crippen LogP contribution in [0.1, 0.15) is 34.3 Å². The number of ether oxygens (including phenoxy) is 1. The van der Waals surface area contributed by atoms with E-state index in [1.807, 2.05) is 0 Å². The molecule has 7 N–H and O–H groups in total. The van der Waals surface area contributed by atoms with Crippen LogP contribution >= 0.6 is 0 Å². The standard InChI is InChI=1S/C33H28N2O9/c1-44-20-8-4-16(5-9-20)32(42)35-19-6-2-15(3-7-19)21-10-11-23(36)26-22(21)13-17-12-18-14-24(37)27(31(34)41)30(40)33(18,43)29(39)25(17)28(26)38/h2-11,17-18,36,38,40,43H,12-14H2,1H3,(H2,34,41)(H,35,42)/t17-,18+,33+/m1/s1. The number of phenolic OH excluding ortho intramolecular Hbond substituents is 1. The van der Waals surface area contributed by atoms with E-state index in [1.165, 1.54) is 13.2 Å². The predicted molar refractivity (Wildman–Crippen MR) is 158 cm³/mol. The number of nitrogens with one attached hydrogen (secondary N) is 1. The van der Waals surface area contributed by atoms with E-state index in [4.69, 9.17) is 10.5 Å². The van der Waals surface area contributed by atoms with E-state index in [0.717, 1.165) is 0 Å². The number of anilines is 1. The largest absolute Gasteiger partial charge is 0.508 e. The number of hydrogen-bond acceptors (Lipinski definition) is 9. The highest BCUT2D eigenvalue weighted by Crippen LogP contribution is 2.53. The number of aliphatic hydroxyl groups is 3. The Labute approximate surface area is 250 Å². The summed E-state index contributed by atoms with van der Waals surface area (Å²) in [5.74, 6) is -6.44. The van der Waals surface area contributed by atoms with Gasteiger partial charge in [0, 0.05) is 29.2 Å². The van der Waals surface area contributed by atoms with Crippen molar-refractivity contribution in [1.82, 2.24) is 0 Å². The molecule has 224 valence electrons. The maximum Gasteiger partial charge on any atom is 0.255 e. The Morgan fingerprint density at radius 1 is 0.955 bits per heavy atom. The number of hydrogen-bond donors (Lipinski definition) is 6. The van der Waals surface area contributed by atoms with Gasteiger partial charge in [-0.15, -0.1) is 0 Å². The van der Waals surface area contributed by atoms with Gasteiger partial charge in [-0.25, -0.2) is 0 Å². The van der Waals surface area contributed by atoms with Gasteiger partial charge in [0.25, 0.3) is 11.8 Å². The second kappa shape index (κ2) is 10.4. The van der Waals surface area contributed by atoms with Crippen molar-refractivity contribution in [2.45, 2.75) is 24.9 Å². The Morgan fingerprint density at radius 2 is 1.64 bits per heavy atom. The van der Waals surface area contributed by atoms with Crippen molar-refractivity contribution in [3.8, 4) is 22.6 Å². The van der Waals surface area contributed by atoms with Crippen LogP contribution in [0.15, 0.2) is 77.6 Å². The summed E-state index contributed by atoms with van der Waals surface area (Å²) in [5, 5.41) is 47.1. The van der Waals surface area contributed by atoms with Gasteiger partial charge in [-0.1, -0.05) is 18.2 Å². The van der Waals surface area contributed by atoms with Gasteiger partial charge < -0.3 is 36.2 Å². The number of nitrogens with two attached hydrogens (primary N) is 1. The number of methoxy groups -OCH3 is 1. The van der Waals surface area contributed by atoms with E-state index in [2.05, 4.69) is 5.32 Å². The number of amides is 2. The number of carbonyl (C=O) groups excluding carboxylic acids is 4. The molecule has 0 unspecified atom stereocenters. The lowest BCUT2D eigenvalue weighted by molar-refractivity contribution is -0.147. The smallest absolute Gasteiger partial charge is 0.255 e. The van der Waals surface area contributed by atoms with E-state index < -0.39 is 58.4 Å². The molecule has 3 aromatic rings. The second-order valence-electron chi connectivity index (χ2n) is 11.2. The second-order valence-corrected chi connectivity index (χ2v) is 11.2. The lowest BCUT2D eigenvalue weighted by Gasteiger charge is -2.46. The van der Waals surface area contributed by atoms with Crippen molar-refractivity contribution in [3.05, 3.63) is 94.3 Å². The molecule has 3 atom stereocenters. The normalized spacial score (nSPS) is 22.6. The fourth-order valence-corrected chi connectivity index (χ4v) is 6.57. The van der Waals surface area contributed by atoms with Crippen LogP contribution in [0.5, 0.6) is 11.5 Å². The van der Waals surface area contributed by atoms with E-state index in [-0.39, 0.29) is 35.6 Å². The zero-order chi connectivity index (χ0) is 31.5. The van der Waals surface area contributed by atoms with E-state index in [9.17, 15) is 39.6 Å². The maximum atomic E-state index is 13.7. The molecule has 0 saturated heterocycles. The number of aliphatic hydroxyl groups excluding tert-OH is 2. The fourth-order valence-electron chi connectivity index (χ4n) is 6.57. The minimum absolute atomic E-state index is 0.00603. The Bertz CT molecular complexity index is 1820. The van der Waals surface area contributed by atoms with Gasteiger partial charge in [0.1, 0.15) is 28.6 Å². The molecule has 3 aliphatic rings. The molecule has 0 spiro atoms. The molecule has 44 heavy (non-hydrogen) atoms. The number of Topliss-reactive ketones (excluding diaryl/α,β-unsaturated/α-hetero) is 2. The molecule has 0 heterocycles. The van der Waals surface area contributed by atoms with Crippen LogP contribution in [-0.2, 0) is 20.8 Å². The summed E-state index contributed by atoms with van der Waals surface area (Å²) < 4.78 is 5.12. The number of carbonyl (C=O) groups is 4. The summed E-state index contributed by atoms with van der Waals surface area (Å²) in [6.45, 7) is 0. The summed E-state index contributed by atoms with van der Waals surface area (Å²) in [7, 11) is 1.54. The zero-order valence-corrected chi connectivity index (χ0v) is 23.5. The lowest BCUT2D eigenvalue weighted by atomic mass is 9.59. The van der Waals surface area contributed by atoms with Crippen molar-refractivity contribution in [3.63, 3.8) is 0 Å². The monoisotopic (exact) mass is 596 g/mol. The lowest BCUT2D eigenvalue weighted by Crippen LogP contribution is -2.58. The topological polar surface area (TPSA) is 196 Å². The average molecular weight is 597 g/mol. The first-order chi connectivity index (χ1) is 20.9. The van der Waals surface area contributed by atoms with Crippen LogP contribution in [0.3, 0.4) is 0 Å². The van der Waals surface area contributed by atoms with Gasteiger partial charge in [-0.2, -0.15) is 0 Å². The van der Waals surface area contributed by atoms with Crippen molar-refractivity contribution >= 4 is 34.8 Å². The zero-order valence-electron chi connectivity index (χ0n) is 23.5. The number of aromatic hydroxyl groups is 1. The Hall–Kier alpha value is -5.42. The molecule has 11 nitrogen and oxygen atoms in total. The van der Waals surface area contributed by atoms with Crippen LogP contribution in [0, 0.1) is 11.8 Å². The van der Waals surface area contributed by atoms with Gasteiger partial charge in [0.2, 0.25) is 5.78 Å². The highest BCUT2D eigenvalue weighted by molar-refractivity contribution is 6.22. The molecule has 0 radical (unpaired) electrons. The summed E-state index contributed by atoms with van der Waals surface area (Å²) in [6, 6.07) is 16.7. The number of fused-ring (bicyclic) bond motifs is 3. The molecule has 1 fully saturated rings. The molecule has 0 aliphatic heterocycles. The third kappa shape index (κ3) is 4.32. The Balaban J connectivity index is 1.34. The van der Waals surface area contributed by atoms with Gasteiger partial charge in [0.15, 0.2) is 11.4 Å². The van der Waals surface area contributed by atoms with Crippen LogP contribution in [0.2, 0.25) is 0 Å². The van der Waals surface area contributed by atoms with Crippen LogP contribution in [0.4, 0.5) is 5.69 Å². The van der Waals surface area contributed by atoms with Gasteiger partial charge in [-0.05, 0) is 77.9 Å². The Morgan fingerprint density at radius 3 is 2.27 bits per heavy atom. The summed E-state index contributed by atoms with van der Waals surface area (Å²) in [4.78, 5) is 50.8. The number of primary amides is 1. The average Bonchev–Trinajstić information content (AvgIpc) is 2.99. The van der Waals surface area contributed by atoms with Crippen LogP contribution in [0.25, 0.3) is 16.9 Å². The molecule has 11 heteroatoms. The highest BCUT2D eigenvalue weighted by Gasteiger charge is 2.60. The quantitative estimate of drug-likeness (QED) is 0.239. The number of ketones is 2. The summed E-state index contributed by atoms with van der Waals surface area (Å²) >= 11 is 0. The predicted octanol–water partition coefficient (Wildman–Crippen LogP) is 3.35. The van der Waals surface area contributed by atoms with Crippen molar-refractivity contribution < 1.29 is 44.3 Å². The molecule has 2 amide bonds. The molecule has 6 rings (SSSR count). The molecule has 0 bridgehead atoms. The third-order valence-corrected chi connectivity index (χ3v) is 8.75. The van der Waals surface area contributed by atoms with Gasteiger partial charge in [-0.3, -0.25) is 19.2 Å². The van der Waals surface area contributed by atoms with Crippen LogP contribution < -0.4 is 15.8 Å². The first-order valence-corrected chi connectivity index (χ1v) is 13.8. The fraction of sp³-hybridized carbons (Fsp3) is 0.212. The molecular weight excluding hydrogens is 568 g/mol.